The molecule has 2 unspecified atom stereocenters. The summed E-state index contributed by atoms with van der Waals surface area (Å²) in [4.78, 5) is 24.3. The molecule has 0 bridgehead atoms. The van der Waals surface area contributed by atoms with Crippen LogP contribution in [0.4, 0.5) is 0 Å². The van der Waals surface area contributed by atoms with Crippen LogP contribution in [0.15, 0.2) is 16.7 Å². The van der Waals surface area contributed by atoms with E-state index in [9.17, 15) is 9.59 Å². The van der Waals surface area contributed by atoms with Crippen LogP contribution < -0.4 is 0 Å². The van der Waals surface area contributed by atoms with Crippen molar-refractivity contribution >= 4 is 11.6 Å². The Bertz CT molecular complexity index is 456. The van der Waals surface area contributed by atoms with Crippen molar-refractivity contribution in [2.75, 3.05) is 0 Å². The fraction of sp³-hybridized carbons (Fsp3) is 0.600. The third-order valence-electron chi connectivity index (χ3n) is 4.07. The predicted octanol–water partition coefficient (Wildman–Crippen LogP) is 3.41. The highest BCUT2D eigenvalue weighted by atomic mass is 16.3. The number of hydrogen-bond donors (Lipinski definition) is 0. The molecule has 98 valence electrons. The van der Waals surface area contributed by atoms with Crippen molar-refractivity contribution in [2.45, 2.75) is 40.0 Å². The Balaban J connectivity index is 2.18. The van der Waals surface area contributed by atoms with Crippen LogP contribution in [0.25, 0.3) is 0 Å². The van der Waals surface area contributed by atoms with E-state index in [0.717, 1.165) is 6.42 Å². The average Bonchev–Trinajstić information content (AvgIpc) is 2.75. The minimum atomic E-state index is -0.456. The zero-order valence-corrected chi connectivity index (χ0v) is 11.2. The zero-order chi connectivity index (χ0) is 13.3. The highest BCUT2D eigenvalue weighted by Gasteiger charge is 2.36. The monoisotopic (exact) mass is 248 g/mol. The molecule has 0 aromatic carbocycles. The third-order valence-corrected chi connectivity index (χ3v) is 4.07. The fourth-order valence-electron chi connectivity index (χ4n) is 2.74. The molecule has 0 spiro atoms. The van der Waals surface area contributed by atoms with Gasteiger partial charge in [-0.05, 0) is 37.7 Å². The van der Waals surface area contributed by atoms with E-state index in [2.05, 4.69) is 13.8 Å². The van der Waals surface area contributed by atoms with Crippen molar-refractivity contribution in [3.05, 3.63) is 23.7 Å². The summed E-state index contributed by atoms with van der Waals surface area (Å²) in [7, 11) is 0. The number of Topliss-reactive ketones (excluding diaryl/α,β-unsaturated/α-hetero) is 2. The number of carbonyl (C=O) groups excluding carboxylic acids is 2. The molecule has 2 rings (SSSR count). The van der Waals surface area contributed by atoms with Crippen LogP contribution in [0, 0.1) is 24.7 Å². The van der Waals surface area contributed by atoms with Crippen molar-refractivity contribution in [3.63, 3.8) is 0 Å². The van der Waals surface area contributed by atoms with Crippen LogP contribution in [0.1, 0.15) is 49.2 Å². The number of carbonyl (C=O) groups is 2. The molecule has 0 N–H and O–H groups in total. The van der Waals surface area contributed by atoms with Gasteiger partial charge in [-0.2, -0.15) is 0 Å². The molecule has 0 aliphatic heterocycles. The summed E-state index contributed by atoms with van der Waals surface area (Å²) in [5.41, 5.74) is 0.567. The summed E-state index contributed by atoms with van der Waals surface area (Å²) in [6.07, 6.45) is 3.66. The van der Waals surface area contributed by atoms with Gasteiger partial charge in [0.2, 0.25) is 0 Å². The number of ketones is 2. The number of rotatable bonds is 3. The Labute approximate surface area is 108 Å². The molecule has 1 aliphatic carbocycles. The molecule has 1 aromatic rings. The van der Waals surface area contributed by atoms with E-state index in [0.29, 0.717) is 36.0 Å². The minimum Gasteiger partial charge on any atom is -0.469 e. The first kappa shape index (κ1) is 13.1. The molecule has 0 amide bonds. The maximum atomic E-state index is 12.4. The van der Waals surface area contributed by atoms with Gasteiger partial charge in [0, 0.05) is 6.42 Å². The number of aryl methyl sites for hydroxylation is 1. The van der Waals surface area contributed by atoms with Gasteiger partial charge in [0.05, 0.1) is 17.7 Å². The summed E-state index contributed by atoms with van der Waals surface area (Å²) < 4.78 is 5.15. The van der Waals surface area contributed by atoms with Crippen molar-refractivity contribution in [1.82, 2.24) is 0 Å². The van der Waals surface area contributed by atoms with E-state index >= 15 is 0 Å². The smallest absolute Gasteiger partial charge is 0.176 e. The molecule has 1 aromatic heterocycles. The van der Waals surface area contributed by atoms with E-state index in [1.807, 2.05) is 0 Å². The molecule has 2 atom stereocenters. The normalized spacial score (nSPS) is 24.6. The lowest BCUT2D eigenvalue weighted by Crippen LogP contribution is -2.33. The first-order chi connectivity index (χ1) is 8.50. The Morgan fingerprint density at radius 1 is 1.44 bits per heavy atom. The first-order valence-corrected chi connectivity index (χ1v) is 6.61. The minimum absolute atomic E-state index is 0.0587. The highest BCUT2D eigenvalue weighted by molar-refractivity contribution is 6.11. The van der Waals surface area contributed by atoms with Gasteiger partial charge in [-0.25, -0.2) is 0 Å². The SMILES string of the molecule is Cc1occc1C(=O)C1CC(C(C)C)CCC1=O. The van der Waals surface area contributed by atoms with E-state index in [4.69, 9.17) is 4.42 Å². The van der Waals surface area contributed by atoms with Crippen LogP contribution >= 0.6 is 0 Å². The Morgan fingerprint density at radius 3 is 2.72 bits per heavy atom. The lowest BCUT2D eigenvalue weighted by atomic mass is 9.73. The summed E-state index contributed by atoms with van der Waals surface area (Å²) >= 11 is 0. The lowest BCUT2D eigenvalue weighted by Gasteiger charge is -2.29. The molecule has 1 aliphatic rings. The van der Waals surface area contributed by atoms with Gasteiger partial charge in [0.25, 0.3) is 0 Å². The van der Waals surface area contributed by atoms with E-state index < -0.39 is 5.92 Å². The second kappa shape index (κ2) is 5.09. The summed E-state index contributed by atoms with van der Waals surface area (Å²) in [6, 6.07) is 1.67. The van der Waals surface area contributed by atoms with Crippen LogP contribution in [0.3, 0.4) is 0 Å². The maximum absolute atomic E-state index is 12.4. The van der Waals surface area contributed by atoms with Crippen LogP contribution in [-0.2, 0) is 4.79 Å². The zero-order valence-electron chi connectivity index (χ0n) is 11.2. The molecule has 18 heavy (non-hydrogen) atoms. The molecule has 1 heterocycles. The highest BCUT2D eigenvalue weighted by Crippen LogP contribution is 2.33. The van der Waals surface area contributed by atoms with Crippen molar-refractivity contribution in [2.24, 2.45) is 17.8 Å². The predicted molar refractivity (Wildman–Crippen MR) is 68.5 cm³/mol. The third kappa shape index (κ3) is 2.40. The molecule has 0 saturated heterocycles. The molecular formula is C15H20O3. The first-order valence-electron chi connectivity index (χ1n) is 6.61. The average molecular weight is 248 g/mol. The van der Waals surface area contributed by atoms with Crippen LogP contribution in [0.5, 0.6) is 0 Å². The van der Waals surface area contributed by atoms with Gasteiger partial charge in [-0.15, -0.1) is 0 Å². The number of furan rings is 1. The second-order valence-electron chi connectivity index (χ2n) is 5.55. The quantitative estimate of drug-likeness (QED) is 0.608. The van der Waals surface area contributed by atoms with Crippen LogP contribution in [-0.4, -0.2) is 11.6 Å². The van der Waals surface area contributed by atoms with Gasteiger partial charge < -0.3 is 4.42 Å². The van der Waals surface area contributed by atoms with Gasteiger partial charge in [-0.3, -0.25) is 9.59 Å². The van der Waals surface area contributed by atoms with Gasteiger partial charge >= 0.3 is 0 Å². The molecule has 0 radical (unpaired) electrons. The van der Waals surface area contributed by atoms with Gasteiger partial charge in [0.15, 0.2) is 5.78 Å². The standard InChI is InChI=1S/C15H20O3/c1-9(2)11-4-5-14(16)13(8-11)15(17)12-6-7-18-10(12)3/h6-7,9,11,13H,4-5,8H2,1-3H3. The topological polar surface area (TPSA) is 47.3 Å². The Kier molecular flexibility index (Phi) is 3.69. The molecular weight excluding hydrogens is 228 g/mol. The van der Waals surface area contributed by atoms with Gasteiger partial charge in [0.1, 0.15) is 11.5 Å². The fourth-order valence-corrected chi connectivity index (χ4v) is 2.74. The molecule has 3 heteroatoms. The van der Waals surface area contributed by atoms with E-state index in [1.54, 1.807) is 13.0 Å². The number of hydrogen-bond acceptors (Lipinski definition) is 3. The summed E-state index contributed by atoms with van der Waals surface area (Å²) in [6.45, 7) is 6.08. The molecule has 1 fully saturated rings. The van der Waals surface area contributed by atoms with Crippen LogP contribution in [0.2, 0.25) is 0 Å². The van der Waals surface area contributed by atoms with E-state index in [-0.39, 0.29) is 11.6 Å². The van der Waals surface area contributed by atoms with Crippen molar-refractivity contribution in [1.29, 1.82) is 0 Å². The van der Waals surface area contributed by atoms with E-state index in [1.165, 1.54) is 6.26 Å². The Hall–Kier alpha value is -1.38. The van der Waals surface area contributed by atoms with Crippen molar-refractivity contribution in [3.8, 4) is 0 Å². The van der Waals surface area contributed by atoms with Crippen molar-refractivity contribution < 1.29 is 14.0 Å². The lowest BCUT2D eigenvalue weighted by molar-refractivity contribution is -0.124. The molecule has 1 saturated carbocycles. The summed E-state index contributed by atoms with van der Waals surface area (Å²) in [5.74, 6) is 1.19. The largest absolute Gasteiger partial charge is 0.469 e. The maximum Gasteiger partial charge on any atom is 0.176 e. The second-order valence-corrected chi connectivity index (χ2v) is 5.55. The Morgan fingerprint density at radius 2 is 2.17 bits per heavy atom. The molecule has 3 nitrogen and oxygen atoms in total. The summed E-state index contributed by atoms with van der Waals surface area (Å²) in [5, 5.41) is 0. The van der Waals surface area contributed by atoms with Gasteiger partial charge in [-0.1, -0.05) is 13.8 Å².